The van der Waals surface area contributed by atoms with Gasteiger partial charge in [0.25, 0.3) is 0 Å². The van der Waals surface area contributed by atoms with Crippen LogP contribution >= 0.6 is 0 Å². The summed E-state index contributed by atoms with van der Waals surface area (Å²) < 4.78 is 9.08. The zero-order valence-corrected chi connectivity index (χ0v) is 36.9. The molecule has 0 fully saturated rings. The summed E-state index contributed by atoms with van der Waals surface area (Å²) >= 11 is 0. The topological polar surface area (TPSA) is 33.5 Å². The molecule has 1 aliphatic heterocycles. The Kier molecular flexibility index (Phi) is 9.34. The normalized spacial score (nSPS) is 13.8. The number of benzene rings is 5. The van der Waals surface area contributed by atoms with E-state index in [0.29, 0.717) is 6.67 Å². The SMILES string of the molecule is Cc1cccc2c3ccc(Oc4cccc(N5CN(c6cc(C(C)(C)C)cc(C(C)(C)C)c6)c6cc(C(C)(C)C)ccc65)c4)cc3n(-c3cc(C(C)(C)C)ccn3)c12. The largest absolute Gasteiger partial charge is 0.457 e. The Morgan fingerprint density at radius 3 is 1.79 bits per heavy atom. The number of nitrogens with zero attached hydrogens (tertiary/aromatic N) is 4. The molecule has 0 bridgehead atoms. The summed E-state index contributed by atoms with van der Waals surface area (Å²) in [7, 11) is 0. The summed E-state index contributed by atoms with van der Waals surface area (Å²) in [6.07, 6.45) is 1.93. The zero-order valence-electron chi connectivity index (χ0n) is 36.9. The Morgan fingerprint density at radius 1 is 0.500 bits per heavy atom. The first-order valence-electron chi connectivity index (χ1n) is 20.8. The summed E-state index contributed by atoms with van der Waals surface area (Å²) in [5.41, 5.74) is 13.5. The molecule has 0 saturated carbocycles. The molecule has 7 aromatic rings. The van der Waals surface area contributed by atoms with Crippen LogP contribution in [-0.2, 0) is 21.7 Å². The predicted molar refractivity (Wildman–Crippen MR) is 247 cm³/mol. The van der Waals surface area contributed by atoms with Crippen LogP contribution in [0.3, 0.4) is 0 Å². The van der Waals surface area contributed by atoms with E-state index in [1.165, 1.54) is 61.2 Å². The lowest BCUT2D eigenvalue weighted by atomic mass is 9.80. The number of para-hydroxylation sites is 1. The Morgan fingerprint density at radius 2 is 1.12 bits per heavy atom. The molecular weight excluding hydrogens is 709 g/mol. The average Bonchev–Trinajstić information content (AvgIpc) is 3.70. The van der Waals surface area contributed by atoms with E-state index < -0.39 is 0 Å². The van der Waals surface area contributed by atoms with Crippen molar-refractivity contribution in [1.29, 1.82) is 0 Å². The molecule has 0 atom stereocenters. The third kappa shape index (κ3) is 7.25. The molecular formula is C53H60N4O. The van der Waals surface area contributed by atoms with Crippen LogP contribution in [0.2, 0.25) is 0 Å². The molecule has 0 spiro atoms. The van der Waals surface area contributed by atoms with Gasteiger partial charge in [0.15, 0.2) is 0 Å². The second-order valence-corrected chi connectivity index (χ2v) is 20.5. The third-order valence-corrected chi connectivity index (χ3v) is 11.8. The number of anilines is 4. The van der Waals surface area contributed by atoms with Crippen molar-refractivity contribution in [3.05, 3.63) is 143 Å². The van der Waals surface area contributed by atoms with Crippen LogP contribution in [0.25, 0.3) is 27.6 Å². The van der Waals surface area contributed by atoms with Gasteiger partial charge >= 0.3 is 0 Å². The molecule has 3 heterocycles. The molecule has 0 radical (unpaired) electrons. The first-order chi connectivity index (χ1) is 27.2. The first kappa shape index (κ1) is 39.3. The minimum atomic E-state index is -0.00161. The number of rotatable bonds is 5. The van der Waals surface area contributed by atoms with Crippen LogP contribution in [0.4, 0.5) is 22.7 Å². The van der Waals surface area contributed by atoms with Crippen LogP contribution in [0, 0.1) is 6.92 Å². The fourth-order valence-corrected chi connectivity index (χ4v) is 8.18. The Hall–Kier alpha value is -5.55. The molecule has 58 heavy (non-hydrogen) atoms. The minimum Gasteiger partial charge on any atom is -0.457 e. The number of pyridine rings is 1. The number of hydrogen-bond donors (Lipinski definition) is 0. The maximum absolute atomic E-state index is 6.78. The lowest BCUT2D eigenvalue weighted by Crippen LogP contribution is -2.25. The van der Waals surface area contributed by atoms with Gasteiger partial charge in [0.2, 0.25) is 0 Å². The van der Waals surface area contributed by atoms with Crippen LogP contribution in [0.15, 0.2) is 115 Å². The molecule has 5 aromatic carbocycles. The van der Waals surface area contributed by atoms with Gasteiger partial charge in [-0.2, -0.15) is 0 Å². The van der Waals surface area contributed by atoms with E-state index in [1.807, 2.05) is 6.20 Å². The maximum Gasteiger partial charge on any atom is 0.137 e. The molecule has 0 saturated heterocycles. The molecule has 2 aromatic heterocycles. The lowest BCUT2D eigenvalue weighted by molar-refractivity contribution is 0.483. The van der Waals surface area contributed by atoms with Gasteiger partial charge < -0.3 is 14.5 Å². The van der Waals surface area contributed by atoms with Crippen molar-refractivity contribution in [3.63, 3.8) is 0 Å². The van der Waals surface area contributed by atoms with Gasteiger partial charge in [0, 0.05) is 40.5 Å². The molecule has 0 amide bonds. The minimum absolute atomic E-state index is 0.00161. The quantitative estimate of drug-likeness (QED) is 0.175. The monoisotopic (exact) mass is 768 g/mol. The fourth-order valence-electron chi connectivity index (χ4n) is 8.18. The Balaban J connectivity index is 1.20. The van der Waals surface area contributed by atoms with Gasteiger partial charge in [-0.1, -0.05) is 119 Å². The Bertz CT molecular complexity index is 2660. The molecule has 298 valence electrons. The lowest BCUT2D eigenvalue weighted by Gasteiger charge is -2.29. The maximum atomic E-state index is 6.78. The highest BCUT2D eigenvalue weighted by molar-refractivity contribution is 6.10. The molecule has 8 rings (SSSR count). The number of fused-ring (bicyclic) bond motifs is 4. The zero-order chi connectivity index (χ0) is 41.5. The van der Waals surface area contributed by atoms with Crippen molar-refractivity contribution in [2.24, 2.45) is 0 Å². The highest BCUT2D eigenvalue weighted by atomic mass is 16.5. The van der Waals surface area contributed by atoms with Gasteiger partial charge in [0.1, 0.15) is 24.0 Å². The van der Waals surface area contributed by atoms with Gasteiger partial charge in [-0.3, -0.25) is 4.57 Å². The average molecular weight is 769 g/mol. The van der Waals surface area contributed by atoms with Crippen LogP contribution < -0.4 is 14.5 Å². The molecule has 1 aliphatic rings. The van der Waals surface area contributed by atoms with Gasteiger partial charge in [0.05, 0.1) is 22.4 Å². The summed E-state index contributed by atoms with van der Waals surface area (Å²) in [6.45, 7) is 30.4. The standard InChI is InChI=1S/C53H60N4O/c1-34-16-14-19-44-43-22-21-42(32-46(43)57(49(34)44)48-30-36(24-25-54-48)51(5,6)7)58-41-18-15-17-39(31-41)55-33-56(47-29-35(50(2,3)4)20-23-45(47)55)40-27-37(52(8,9)10)26-38(28-40)53(11,12)13/h14-32H,33H2,1-13H3. The summed E-state index contributed by atoms with van der Waals surface area (Å²) in [4.78, 5) is 9.84. The van der Waals surface area contributed by atoms with E-state index in [1.54, 1.807) is 0 Å². The number of hydrogen-bond acceptors (Lipinski definition) is 4. The van der Waals surface area contributed by atoms with E-state index in [2.05, 4.69) is 214 Å². The van der Waals surface area contributed by atoms with Crippen molar-refractivity contribution in [2.45, 2.75) is 112 Å². The summed E-state index contributed by atoms with van der Waals surface area (Å²) in [5, 5.41) is 2.39. The Labute approximate surface area is 346 Å². The summed E-state index contributed by atoms with van der Waals surface area (Å²) in [6, 6.07) is 40.1. The molecule has 5 nitrogen and oxygen atoms in total. The van der Waals surface area contributed by atoms with E-state index >= 15 is 0 Å². The second-order valence-electron chi connectivity index (χ2n) is 20.5. The molecule has 0 aliphatic carbocycles. The molecule has 0 unspecified atom stereocenters. The smallest absolute Gasteiger partial charge is 0.137 e. The van der Waals surface area contributed by atoms with Crippen LogP contribution in [-0.4, -0.2) is 16.2 Å². The van der Waals surface area contributed by atoms with E-state index in [9.17, 15) is 0 Å². The van der Waals surface area contributed by atoms with Crippen LogP contribution in [0.1, 0.15) is 111 Å². The summed E-state index contributed by atoms with van der Waals surface area (Å²) in [5.74, 6) is 2.49. The first-order valence-corrected chi connectivity index (χ1v) is 20.8. The predicted octanol–water partition coefficient (Wildman–Crippen LogP) is 14.7. The fraction of sp³-hybridized carbons (Fsp3) is 0.340. The van der Waals surface area contributed by atoms with E-state index in [0.717, 1.165) is 28.5 Å². The second kappa shape index (κ2) is 13.8. The van der Waals surface area contributed by atoms with Gasteiger partial charge in [-0.25, -0.2) is 4.98 Å². The number of aryl methyl sites for hydroxylation is 1. The third-order valence-electron chi connectivity index (χ3n) is 11.8. The van der Waals surface area contributed by atoms with Crippen molar-refractivity contribution >= 4 is 44.6 Å². The molecule has 5 heteroatoms. The van der Waals surface area contributed by atoms with Gasteiger partial charge in [-0.15, -0.1) is 0 Å². The van der Waals surface area contributed by atoms with E-state index in [4.69, 9.17) is 9.72 Å². The van der Waals surface area contributed by atoms with Crippen molar-refractivity contribution in [3.8, 4) is 17.3 Å². The highest BCUT2D eigenvalue weighted by Crippen LogP contribution is 2.48. The van der Waals surface area contributed by atoms with Crippen LogP contribution in [0.5, 0.6) is 11.5 Å². The van der Waals surface area contributed by atoms with E-state index in [-0.39, 0.29) is 21.7 Å². The van der Waals surface area contributed by atoms with Crippen molar-refractivity contribution < 1.29 is 4.74 Å². The van der Waals surface area contributed by atoms with Crippen molar-refractivity contribution in [2.75, 3.05) is 16.5 Å². The molecule has 0 N–H and O–H groups in total. The number of aromatic nitrogens is 2. The highest BCUT2D eigenvalue weighted by Gasteiger charge is 2.32. The number of ether oxygens (including phenoxy) is 1. The van der Waals surface area contributed by atoms with Crippen molar-refractivity contribution in [1.82, 2.24) is 9.55 Å². The van der Waals surface area contributed by atoms with Gasteiger partial charge in [-0.05, 0) is 117 Å².